The highest BCUT2D eigenvalue weighted by molar-refractivity contribution is 7.91. The molecule has 6 heteroatoms. The number of nitrogens with one attached hydrogen (secondary N) is 1. The Hall–Kier alpha value is -1.01. The molecule has 2 heterocycles. The van der Waals surface area contributed by atoms with E-state index in [1.54, 1.807) is 18.6 Å². The fourth-order valence-electron chi connectivity index (χ4n) is 1.76. The van der Waals surface area contributed by atoms with Crippen molar-refractivity contribution in [3.63, 3.8) is 0 Å². The highest BCUT2D eigenvalue weighted by Crippen LogP contribution is 2.12. The normalized spacial score (nSPS) is 20.8. The van der Waals surface area contributed by atoms with Gasteiger partial charge in [-0.15, -0.1) is 0 Å². The third-order valence-electron chi connectivity index (χ3n) is 2.74. The SMILES string of the molecule is O=S1(=O)CCC(NCc2cnccn2)CC1. The first-order chi connectivity index (χ1) is 7.66. The van der Waals surface area contributed by atoms with Crippen molar-refractivity contribution in [3.8, 4) is 0 Å². The highest BCUT2D eigenvalue weighted by Gasteiger charge is 2.22. The number of sulfone groups is 1. The lowest BCUT2D eigenvalue weighted by Crippen LogP contribution is -2.37. The van der Waals surface area contributed by atoms with Gasteiger partial charge in [0.15, 0.2) is 0 Å². The Morgan fingerprint density at radius 1 is 1.31 bits per heavy atom. The van der Waals surface area contributed by atoms with Crippen LogP contribution < -0.4 is 5.32 Å². The summed E-state index contributed by atoms with van der Waals surface area (Å²) in [5.41, 5.74) is 0.885. The predicted molar refractivity (Wildman–Crippen MR) is 60.5 cm³/mol. The summed E-state index contributed by atoms with van der Waals surface area (Å²) in [4.78, 5) is 8.12. The minimum atomic E-state index is -2.77. The maximum atomic E-state index is 11.2. The van der Waals surface area contributed by atoms with Crippen molar-refractivity contribution in [1.82, 2.24) is 15.3 Å². The number of hydrogen-bond donors (Lipinski definition) is 1. The zero-order valence-electron chi connectivity index (χ0n) is 8.96. The van der Waals surface area contributed by atoms with Gasteiger partial charge in [-0.1, -0.05) is 0 Å². The lowest BCUT2D eigenvalue weighted by Gasteiger charge is -2.22. The van der Waals surface area contributed by atoms with Gasteiger partial charge >= 0.3 is 0 Å². The Labute approximate surface area is 95.2 Å². The molecule has 0 aromatic carbocycles. The minimum absolute atomic E-state index is 0.283. The summed E-state index contributed by atoms with van der Waals surface area (Å²) >= 11 is 0. The Bertz CT molecular complexity index is 419. The monoisotopic (exact) mass is 241 g/mol. The average molecular weight is 241 g/mol. The van der Waals surface area contributed by atoms with Crippen LogP contribution in [0, 0.1) is 0 Å². The van der Waals surface area contributed by atoms with Gasteiger partial charge in [0.2, 0.25) is 0 Å². The molecule has 0 amide bonds. The number of hydrogen-bond acceptors (Lipinski definition) is 5. The van der Waals surface area contributed by atoms with Crippen LogP contribution >= 0.6 is 0 Å². The summed E-state index contributed by atoms with van der Waals surface area (Å²) < 4.78 is 22.4. The largest absolute Gasteiger partial charge is 0.308 e. The number of rotatable bonds is 3. The summed E-state index contributed by atoms with van der Waals surface area (Å²) in [5.74, 6) is 0.594. The quantitative estimate of drug-likeness (QED) is 0.815. The molecule has 0 atom stereocenters. The van der Waals surface area contributed by atoms with E-state index < -0.39 is 9.84 Å². The molecule has 1 aromatic heterocycles. The fraction of sp³-hybridized carbons (Fsp3) is 0.600. The summed E-state index contributed by atoms with van der Waals surface area (Å²) in [5, 5.41) is 3.31. The molecule has 1 aromatic rings. The first kappa shape index (κ1) is 11.5. The van der Waals surface area contributed by atoms with Crippen LogP contribution in [0.1, 0.15) is 18.5 Å². The van der Waals surface area contributed by atoms with Gasteiger partial charge in [-0.2, -0.15) is 0 Å². The van der Waals surface area contributed by atoms with E-state index in [0.29, 0.717) is 30.9 Å². The van der Waals surface area contributed by atoms with E-state index in [1.165, 1.54) is 0 Å². The van der Waals surface area contributed by atoms with E-state index in [-0.39, 0.29) is 6.04 Å². The Balaban J connectivity index is 1.80. The topological polar surface area (TPSA) is 72.0 Å². The van der Waals surface area contributed by atoms with Crippen LogP contribution in [-0.4, -0.2) is 35.9 Å². The molecule has 1 N–H and O–H groups in total. The molecule has 0 radical (unpaired) electrons. The van der Waals surface area contributed by atoms with Crippen molar-refractivity contribution in [2.75, 3.05) is 11.5 Å². The van der Waals surface area contributed by atoms with E-state index in [2.05, 4.69) is 15.3 Å². The minimum Gasteiger partial charge on any atom is -0.308 e. The van der Waals surface area contributed by atoms with Crippen molar-refractivity contribution in [3.05, 3.63) is 24.3 Å². The molecule has 0 aliphatic carbocycles. The van der Waals surface area contributed by atoms with Crippen LogP contribution in [0.3, 0.4) is 0 Å². The van der Waals surface area contributed by atoms with Gasteiger partial charge in [0.1, 0.15) is 9.84 Å². The molecule has 1 aliphatic heterocycles. The van der Waals surface area contributed by atoms with Crippen LogP contribution in [0.5, 0.6) is 0 Å². The second-order valence-electron chi connectivity index (χ2n) is 4.00. The van der Waals surface area contributed by atoms with Crippen molar-refractivity contribution in [1.29, 1.82) is 0 Å². The van der Waals surface area contributed by atoms with Gasteiger partial charge in [-0.3, -0.25) is 9.97 Å². The molecular formula is C10H15N3O2S. The smallest absolute Gasteiger partial charge is 0.150 e. The molecule has 1 fully saturated rings. The zero-order chi connectivity index (χ0) is 11.4. The first-order valence-corrected chi connectivity index (χ1v) is 7.16. The Morgan fingerprint density at radius 3 is 2.69 bits per heavy atom. The van der Waals surface area contributed by atoms with Gasteiger partial charge in [0.05, 0.1) is 17.2 Å². The van der Waals surface area contributed by atoms with Gasteiger partial charge in [-0.05, 0) is 12.8 Å². The Kier molecular flexibility index (Phi) is 3.50. The standard InChI is InChI=1S/C10H15N3O2S/c14-16(15)5-1-9(2-6-16)13-8-10-7-11-3-4-12-10/h3-4,7,9,13H,1-2,5-6,8H2. The molecule has 0 unspecified atom stereocenters. The lowest BCUT2D eigenvalue weighted by atomic mass is 10.1. The molecule has 5 nitrogen and oxygen atoms in total. The fourth-order valence-corrected chi connectivity index (χ4v) is 3.26. The van der Waals surface area contributed by atoms with Crippen LogP contribution in [0.2, 0.25) is 0 Å². The van der Waals surface area contributed by atoms with Crippen LogP contribution in [0.25, 0.3) is 0 Å². The molecule has 0 saturated carbocycles. The Morgan fingerprint density at radius 2 is 2.06 bits per heavy atom. The summed E-state index contributed by atoms with van der Waals surface area (Å²) in [6, 6.07) is 0.283. The highest BCUT2D eigenvalue weighted by atomic mass is 32.2. The van der Waals surface area contributed by atoms with Crippen molar-refractivity contribution in [2.24, 2.45) is 0 Å². The summed E-state index contributed by atoms with van der Waals surface area (Å²) in [6.07, 6.45) is 6.40. The molecular weight excluding hydrogens is 226 g/mol. The van der Waals surface area contributed by atoms with E-state index in [0.717, 1.165) is 5.69 Å². The van der Waals surface area contributed by atoms with E-state index in [1.807, 2.05) is 0 Å². The second-order valence-corrected chi connectivity index (χ2v) is 6.31. The molecule has 1 saturated heterocycles. The molecule has 0 spiro atoms. The van der Waals surface area contributed by atoms with Crippen LogP contribution in [0.4, 0.5) is 0 Å². The second kappa shape index (κ2) is 4.88. The van der Waals surface area contributed by atoms with Gasteiger partial charge < -0.3 is 5.32 Å². The molecule has 1 aliphatic rings. The maximum absolute atomic E-state index is 11.2. The molecule has 88 valence electrons. The van der Waals surface area contributed by atoms with Crippen molar-refractivity contribution in [2.45, 2.75) is 25.4 Å². The third-order valence-corrected chi connectivity index (χ3v) is 4.46. The average Bonchev–Trinajstić information content (AvgIpc) is 2.29. The third kappa shape index (κ3) is 3.24. The number of nitrogens with zero attached hydrogens (tertiary/aromatic N) is 2. The summed E-state index contributed by atoms with van der Waals surface area (Å²) in [6.45, 7) is 0.651. The molecule has 2 rings (SSSR count). The number of aromatic nitrogens is 2. The van der Waals surface area contributed by atoms with Gasteiger partial charge in [0, 0.05) is 31.2 Å². The van der Waals surface area contributed by atoms with Crippen molar-refractivity contribution < 1.29 is 8.42 Å². The lowest BCUT2D eigenvalue weighted by molar-refractivity contribution is 0.460. The zero-order valence-corrected chi connectivity index (χ0v) is 9.78. The van der Waals surface area contributed by atoms with Crippen LogP contribution in [0.15, 0.2) is 18.6 Å². The summed E-state index contributed by atoms with van der Waals surface area (Å²) in [7, 11) is -2.77. The van der Waals surface area contributed by atoms with Crippen molar-refractivity contribution >= 4 is 9.84 Å². The van der Waals surface area contributed by atoms with Crippen LogP contribution in [-0.2, 0) is 16.4 Å². The first-order valence-electron chi connectivity index (χ1n) is 5.34. The van der Waals surface area contributed by atoms with E-state index >= 15 is 0 Å². The van der Waals surface area contributed by atoms with Gasteiger partial charge in [-0.25, -0.2) is 8.42 Å². The maximum Gasteiger partial charge on any atom is 0.150 e. The van der Waals surface area contributed by atoms with E-state index in [9.17, 15) is 8.42 Å². The molecule has 16 heavy (non-hydrogen) atoms. The molecule has 0 bridgehead atoms. The predicted octanol–water partition coefficient (Wildman–Crippen LogP) is 0.143. The van der Waals surface area contributed by atoms with E-state index in [4.69, 9.17) is 0 Å². The van der Waals surface area contributed by atoms with Gasteiger partial charge in [0.25, 0.3) is 0 Å².